The lowest BCUT2D eigenvalue weighted by Crippen LogP contribution is -2.49. The average molecular weight is 202 g/mol. The Bertz CT molecular complexity index is 304. The Kier molecular flexibility index (Phi) is 2.10. The second kappa shape index (κ2) is 3.01. The molecule has 0 amide bonds. The third kappa shape index (κ3) is 1.37. The van der Waals surface area contributed by atoms with Crippen LogP contribution in [0.1, 0.15) is 18.6 Å². The van der Waals surface area contributed by atoms with Crippen LogP contribution in [0.3, 0.4) is 0 Å². The molecule has 0 aliphatic heterocycles. The molecule has 1 aliphatic carbocycles. The molecule has 4 heteroatoms. The zero-order chi connectivity index (χ0) is 9.47. The quantitative estimate of drug-likeness (QED) is 0.758. The standard InChI is InChI=1S/C9H12ClNO2/c10-8-2-1-7(13-8)9(5-11)3-6(12)4-9/h1-2,6,12H,3-5,11H2. The maximum absolute atomic E-state index is 9.25. The molecular formula is C9H12ClNO2. The Labute approximate surface area is 81.5 Å². The molecule has 72 valence electrons. The molecule has 13 heavy (non-hydrogen) atoms. The third-order valence-electron chi connectivity index (χ3n) is 2.74. The van der Waals surface area contributed by atoms with Gasteiger partial charge in [0.25, 0.3) is 0 Å². The SMILES string of the molecule is NCC1(c2ccc(Cl)o2)CC(O)C1. The van der Waals surface area contributed by atoms with Crippen LogP contribution in [0.4, 0.5) is 0 Å². The molecule has 0 saturated heterocycles. The Hall–Kier alpha value is -0.510. The van der Waals surface area contributed by atoms with Crippen molar-refractivity contribution in [1.82, 2.24) is 0 Å². The van der Waals surface area contributed by atoms with Crippen LogP contribution < -0.4 is 5.73 Å². The van der Waals surface area contributed by atoms with E-state index in [0.717, 1.165) is 5.76 Å². The topological polar surface area (TPSA) is 59.4 Å². The summed E-state index contributed by atoms with van der Waals surface area (Å²) in [7, 11) is 0. The van der Waals surface area contributed by atoms with Gasteiger partial charge in [-0.25, -0.2) is 0 Å². The fourth-order valence-electron chi connectivity index (χ4n) is 1.91. The Morgan fingerprint density at radius 1 is 1.62 bits per heavy atom. The van der Waals surface area contributed by atoms with Crippen molar-refractivity contribution in [3.8, 4) is 0 Å². The molecule has 1 saturated carbocycles. The van der Waals surface area contributed by atoms with E-state index in [2.05, 4.69) is 0 Å². The summed E-state index contributed by atoms with van der Waals surface area (Å²) in [5.41, 5.74) is 5.48. The van der Waals surface area contributed by atoms with E-state index in [-0.39, 0.29) is 11.5 Å². The van der Waals surface area contributed by atoms with Gasteiger partial charge in [-0.3, -0.25) is 0 Å². The highest BCUT2D eigenvalue weighted by atomic mass is 35.5. The highest BCUT2D eigenvalue weighted by molar-refractivity contribution is 6.28. The maximum atomic E-state index is 9.25. The Morgan fingerprint density at radius 3 is 2.69 bits per heavy atom. The summed E-state index contributed by atoms with van der Waals surface area (Å²) in [5, 5.41) is 9.63. The number of hydrogen-bond acceptors (Lipinski definition) is 3. The Balaban J connectivity index is 2.23. The average Bonchev–Trinajstić information content (AvgIpc) is 2.46. The number of aliphatic hydroxyl groups is 1. The summed E-state index contributed by atoms with van der Waals surface area (Å²) < 4.78 is 5.30. The molecule has 0 unspecified atom stereocenters. The summed E-state index contributed by atoms with van der Waals surface area (Å²) in [4.78, 5) is 0. The van der Waals surface area contributed by atoms with E-state index in [1.807, 2.05) is 6.07 Å². The summed E-state index contributed by atoms with van der Waals surface area (Å²) in [6.45, 7) is 0.494. The maximum Gasteiger partial charge on any atom is 0.193 e. The van der Waals surface area contributed by atoms with E-state index in [1.54, 1.807) is 6.07 Å². The number of aliphatic hydroxyl groups excluding tert-OH is 1. The summed E-state index contributed by atoms with van der Waals surface area (Å²) in [5.74, 6) is 0.797. The van der Waals surface area contributed by atoms with Gasteiger partial charge in [-0.15, -0.1) is 0 Å². The van der Waals surface area contributed by atoms with Gasteiger partial charge >= 0.3 is 0 Å². The summed E-state index contributed by atoms with van der Waals surface area (Å²) in [6, 6.07) is 3.54. The molecule has 2 rings (SSSR count). The highest BCUT2D eigenvalue weighted by Gasteiger charge is 2.46. The van der Waals surface area contributed by atoms with Gasteiger partial charge in [-0.2, -0.15) is 0 Å². The number of hydrogen-bond donors (Lipinski definition) is 2. The minimum Gasteiger partial charge on any atom is -0.449 e. The predicted octanol–water partition coefficient (Wildman–Crippen LogP) is 1.28. The first-order chi connectivity index (χ1) is 6.16. The van der Waals surface area contributed by atoms with E-state index >= 15 is 0 Å². The molecule has 3 nitrogen and oxygen atoms in total. The number of nitrogens with two attached hydrogens (primary N) is 1. The van der Waals surface area contributed by atoms with Crippen molar-refractivity contribution in [3.05, 3.63) is 23.1 Å². The summed E-state index contributed by atoms with van der Waals surface area (Å²) >= 11 is 5.67. The first kappa shape index (κ1) is 9.06. The van der Waals surface area contributed by atoms with Crippen LogP contribution in [0.25, 0.3) is 0 Å². The zero-order valence-corrected chi connectivity index (χ0v) is 7.92. The highest BCUT2D eigenvalue weighted by Crippen LogP contribution is 2.44. The molecule has 1 aliphatic rings. The molecule has 0 spiro atoms. The van der Waals surface area contributed by atoms with Gasteiger partial charge in [0, 0.05) is 12.0 Å². The van der Waals surface area contributed by atoms with Gasteiger partial charge in [0.2, 0.25) is 0 Å². The van der Waals surface area contributed by atoms with Crippen molar-refractivity contribution in [1.29, 1.82) is 0 Å². The van der Waals surface area contributed by atoms with Crippen molar-refractivity contribution in [2.45, 2.75) is 24.4 Å². The monoisotopic (exact) mass is 201 g/mol. The van der Waals surface area contributed by atoms with Gasteiger partial charge in [-0.05, 0) is 36.6 Å². The smallest absolute Gasteiger partial charge is 0.193 e. The molecule has 0 bridgehead atoms. The van der Waals surface area contributed by atoms with Gasteiger partial charge in [0.1, 0.15) is 5.76 Å². The van der Waals surface area contributed by atoms with Gasteiger partial charge in [-0.1, -0.05) is 0 Å². The third-order valence-corrected chi connectivity index (χ3v) is 2.94. The fraction of sp³-hybridized carbons (Fsp3) is 0.556. The van der Waals surface area contributed by atoms with Crippen molar-refractivity contribution in [3.63, 3.8) is 0 Å². The molecule has 0 atom stereocenters. The first-order valence-corrected chi connectivity index (χ1v) is 4.68. The van der Waals surface area contributed by atoms with E-state index in [4.69, 9.17) is 21.8 Å². The molecule has 1 aromatic heterocycles. The minimum absolute atomic E-state index is 0.174. The lowest BCUT2D eigenvalue weighted by atomic mass is 9.65. The number of halogens is 1. The molecule has 1 heterocycles. The van der Waals surface area contributed by atoms with Crippen molar-refractivity contribution < 1.29 is 9.52 Å². The van der Waals surface area contributed by atoms with Crippen LogP contribution in [0.2, 0.25) is 5.22 Å². The van der Waals surface area contributed by atoms with Crippen LogP contribution in [0.15, 0.2) is 16.5 Å². The second-order valence-corrected chi connectivity index (χ2v) is 4.02. The van der Waals surface area contributed by atoms with Crippen molar-refractivity contribution >= 4 is 11.6 Å². The lowest BCUT2D eigenvalue weighted by molar-refractivity contribution is 0.0115. The van der Waals surface area contributed by atoms with Crippen molar-refractivity contribution in [2.75, 3.05) is 6.54 Å². The molecule has 0 aromatic carbocycles. The molecule has 3 N–H and O–H groups in total. The van der Waals surface area contributed by atoms with Gasteiger partial charge < -0.3 is 15.3 Å². The van der Waals surface area contributed by atoms with Crippen molar-refractivity contribution in [2.24, 2.45) is 5.73 Å². The fourth-order valence-corrected chi connectivity index (χ4v) is 2.06. The molecule has 0 radical (unpaired) electrons. The zero-order valence-electron chi connectivity index (χ0n) is 7.16. The van der Waals surface area contributed by atoms with E-state index in [1.165, 1.54) is 0 Å². The lowest BCUT2D eigenvalue weighted by Gasteiger charge is -2.42. The molecule has 1 fully saturated rings. The Morgan fingerprint density at radius 2 is 2.31 bits per heavy atom. The number of rotatable bonds is 2. The van der Waals surface area contributed by atoms with Gasteiger partial charge in [0.05, 0.1) is 6.10 Å². The van der Waals surface area contributed by atoms with E-state index in [0.29, 0.717) is 24.6 Å². The molecular weight excluding hydrogens is 190 g/mol. The largest absolute Gasteiger partial charge is 0.449 e. The normalized spacial score (nSPS) is 33.0. The van der Waals surface area contributed by atoms with Crippen LogP contribution in [0, 0.1) is 0 Å². The molecule has 1 aromatic rings. The van der Waals surface area contributed by atoms with Gasteiger partial charge in [0.15, 0.2) is 5.22 Å². The predicted molar refractivity (Wildman–Crippen MR) is 49.7 cm³/mol. The van der Waals surface area contributed by atoms with E-state index < -0.39 is 0 Å². The first-order valence-electron chi connectivity index (χ1n) is 4.30. The summed E-state index contributed by atoms with van der Waals surface area (Å²) in [6.07, 6.45) is 1.10. The van der Waals surface area contributed by atoms with E-state index in [9.17, 15) is 5.11 Å². The minimum atomic E-state index is -0.243. The number of furan rings is 1. The van der Waals surface area contributed by atoms with Crippen LogP contribution in [-0.4, -0.2) is 17.8 Å². The van der Waals surface area contributed by atoms with Crippen LogP contribution >= 0.6 is 11.6 Å². The van der Waals surface area contributed by atoms with Crippen LogP contribution in [0.5, 0.6) is 0 Å². The second-order valence-electron chi connectivity index (χ2n) is 3.65. The van der Waals surface area contributed by atoms with Crippen LogP contribution in [-0.2, 0) is 5.41 Å².